The predicted molar refractivity (Wildman–Crippen MR) is 173 cm³/mol. The SMILES string of the molecule is CC(C)=CCC/C(C)=C/Cc1c(O)c(CC=C(C)C)c2c(c1O)C(=O)C1=C[C@@H]3CC4C(C)(C)O[C@](CC=C(C)C)(C3=O)[C@]14O2. The van der Waals surface area contributed by atoms with E-state index in [0.29, 0.717) is 29.5 Å². The fraction of sp³-hybridized carbons (Fsp3) is 0.526. The zero-order chi connectivity index (χ0) is 32.4. The highest BCUT2D eigenvalue weighted by atomic mass is 16.6. The van der Waals surface area contributed by atoms with E-state index in [1.165, 1.54) is 5.57 Å². The van der Waals surface area contributed by atoms with Crippen LogP contribution in [-0.2, 0) is 22.4 Å². The lowest BCUT2D eigenvalue weighted by molar-refractivity contribution is -0.171. The number of carbonyl (C=O) groups excluding carboxylic acids is 2. The van der Waals surface area contributed by atoms with Crippen LogP contribution < -0.4 is 4.74 Å². The van der Waals surface area contributed by atoms with Crippen molar-refractivity contribution < 1.29 is 29.3 Å². The van der Waals surface area contributed by atoms with Gasteiger partial charge in [0.1, 0.15) is 22.8 Å². The van der Waals surface area contributed by atoms with Crippen molar-refractivity contribution in [3.63, 3.8) is 0 Å². The first-order valence-electron chi connectivity index (χ1n) is 15.9. The van der Waals surface area contributed by atoms with Crippen molar-refractivity contribution >= 4 is 11.6 Å². The third-order valence-corrected chi connectivity index (χ3v) is 9.95. The van der Waals surface area contributed by atoms with Gasteiger partial charge in [-0.2, -0.15) is 0 Å². The van der Waals surface area contributed by atoms with Gasteiger partial charge < -0.3 is 19.7 Å². The number of benzene rings is 1. The number of aromatic hydroxyl groups is 2. The van der Waals surface area contributed by atoms with Crippen molar-refractivity contribution in [2.45, 2.75) is 118 Å². The summed E-state index contributed by atoms with van der Waals surface area (Å²) >= 11 is 0. The molecule has 1 unspecified atom stereocenters. The molecule has 6 heteroatoms. The molecule has 1 aromatic carbocycles. The molecule has 1 aromatic rings. The second-order valence-electron chi connectivity index (χ2n) is 14.4. The number of hydrogen-bond donors (Lipinski definition) is 2. The lowest BCUT2D eigenvalue weighted by Crippen LogP contribution is -2.72. The first-order chi connectivity index (χ1) is 20.6. The minimum atomic E-state index is -1.39. The summed E-state index contributed by atoms with van der Waals surface area (Å²) in [5.74, 6) is -1.33. The van der Waals surface area contributed by atoms with Crippen LogP contribution in [0.4, 0.5) is 0 Å². The maximum absolute atomic E-state index is 14.7. The molecule has 0 amide bonds. The molecular formula is C38H48O6. The van der Waals surface area contributed by atoms with Gasteiger partial charge in [-0.15, -0.1) is 0 Å². The lowest BCUT2D eigenvalue weighted by atomic mass is 9.51. The monoisotopic (exact) mass is 600 g/mol. The summed E-state index contributed by atoms with van der Waals surface area (Å²) < 4.78 is 13.8. The second-order valence-corrected chi connectivity index (χ2v) is 14.4. The normalized spacial score (nSPS) is 27.7. The van der Waals surface area contributed by atoms with Crippen molar-refractivity contribution in [1.29, 1.82) is 0 Å². The van der Waals surface area contributed by atoms with E-state index in [1.807, 2.05) is 66.7 Å². The number of phenolic OH excluding ortho intramolecular Hbond substituents is 2. The molecule has 1 spiro atoms. The number of fused-ring (bicyclic) bond motifs is 1. The predicted octanol–water partition coefficient (Wildman–Crippen LogP) is 8.20. The van der Waals surface area contributed by atoms with Crippen molar-refractivity contribution in [3.8, 4) is 17.2 Å². The molecule has 1 saturated carbocycles. The van der Waals surface area contributed by atoms with Crippen LogP contribution in [0.2, 0.25) is 0 Å². The molecule has 236 valence electrons. The van der Waals surface area contributed by atoms with Crippen LogP contribution in [0.5, 0.6) is 17.2 Å². The third kappa shape index (κ3) is 4.81. The number of hydrogen-bond acceptors (Lipinski definition) is 6. The third-order valence-electron chi connectivity index (χ3n) is 9.95. The summed E-state index contributed by atoms with van der Waals surface area (Å²) in [6, 6.07) is 0. The molecule has 2 N–H and O–H groups in total. The van der Waals surface area contributed by atoms with E-state index in [-0.39, 0.29) is 53.1 Å². The molecule has 2 aliphatic heterocycles. The van der Waals surface area contributed by atoms with Gasteiger partial charge in [0, 0.05) is 35.0 Å². The fourth-order valence-corrected chi connectivity index (χ4v) is 7.76. The van der Waals surface area contributed by atoms with E-state index in [9.17, 15) is 19.8 Å². The Morgan fingerprint density at radius 2 is 1.52 bits per heavy atom. The molecule has 0 aromatic heterocycles. The van der Waals surface area contributed by atoms with Gasteiger partial charge in [0.15, 0.2) is 22.8 Å². The van der Waals surface area contributed by atoms with Crippen LogP contribution in [0.15, 0.2) is 58.2 Å². The zero-order valence-electron chi connectivity index (χ0n) is 27.8. The average Bonchev–Trinajstić information content (AvgIpc) is 3.08. The van der Waals surface area contributed by atoms with E-state index < -0.39 is 22.7 Å². The molecule has 6 rings (SSSR count). The molecule has 2 fully saturated rings. The summed E-state index contributed by atoms with van der Waals surface area (Å²) in [5, 5.41) is 23.5. The van der Waals surface area contributed by atoms with Gasteiger partial charge in [0.25, 0.3) is 0 Å². The van der Waals surface area contributed by atoms with Gasteiger partial charge in [-0.3, -0.25) is 9.59 Å². The minimum Gasteiger partial charge on any atom is -0.507 e. The fourth-order valence-electron chi connectivity index (χ4n) is 7.76. The lowest BCUT2D eigenvalue weighted by Gasteiger charge is -2.56. The van der Waals surface area contributed by atoms with Gasteiger partial charge in [-0.25, -0.2) is 0 Å². The Morgan fingerprint density at radius 1 is 0.886 bits per heavy atom. The first kappa shape index (κ1) is 32.0. The highest BCUT2D eigenvalue weighted by molar-refractivity contribution is 6.18. The maximum atomic E-state index is 14.7. The van der Waals surface area contributed by atoms with Crippen molar-refractivity contribution in [2.75, 3.05) is 0 Å². The topological polar surface area (TPSA) is 93.1 Å². The van der Waals surface area contributed by atoms with Crippen molar-refractivity contribution in [2.24, 2.45) is 11.8 Å². The van der Waals surface area contributed by atoms with Crippen molar-refractivity contribution in [1.82, 2.24) is 0 Å². The molecule has 1 saturated heterocycles. The van der Waals surface area contributed by atoms with Crippen LogP contribution in [0.3, 0.4) is 0 Å². The summed E-state index contributed by atoms with van der Waals surface area (Å²) in [6.45, 7) is 18.0. The van der Waals surface area contributed by atoms with Crippen LogP contribution in [0.1, 0.15) is 109 Å². The Morgan fingerprint density at radius 3 is 2.16 bits per heavy atom. The Labute approximate surface area is 262 Å². The largest absolute Gasteiger partial charge is 0.507 e. The van der Waals surface area contributed by atoms with Gasteiger partial charge in [0.2, 0.25) is 0 Å². The number of Topliss-reactive ketones (excluding diaryl/α,β-unsaturated/α-hetero) is 2. The minimum absolute atomic E-state index is 0.0667. The number of ether oxygens (including phenoxy) is 2. The van der Waals surface area contributed by atoms with E-state index in [2.05, 4.69) is 19.9 Å². The average molecular weight is 601 g/mol. The molecular weight excluding hydrogens is 552 g/mol. The van der Waals surface area contributed by atoms with Gasteiger partial charge in [-0.05, 0) is 94.4 Å². The summed E-state index contributed by atoms with van der Waals surface area (Å²) in [6.07, 6.45) is 13.1. The summed E-state index contributed by atoms with van der Waals surface area (Å²) in [5.41, 5.74) is 2.21. The Hall–Kier alpha value is -3.38. The number of carbonyl (C=O) groups is 2. The summed E-state index contributed by atoms with van der Waals surface area (Å²) in [7, 11) is 0. The number of ketones is 2. The molecule has 6 nitrogen and oxygen atoms in total. The van der Waals surface area contributed by atoms with Crippen LogP contribution >= 0.6 is 0 Å². The smallest absolute Gasteiger partial charge is 0.200 e. The molecule has 44 heavy (non-hydrogen) atoms. The van der Waals surface area contributed by atoms with Gasteiger partial charge >= 0.3 is 0 Å². The van der Waals surface area contributed by atoms with Crippen LogP contribution in [-0.4, -0.2) is 38.6 Å². The molecule has 0 radical (unpaired) electrons. The number of rotatable bonds is 9. The van der Waals surface area contributed by atoms with E-state index in [4.69, 9.17) is 9.47 Å². The van der Waals surface area contributed by atoms with Crippen LogP contribution in [0, 0.1) is 11.8 Å². The van der Waals surface area contributed by atoms with Gasteiger partial charge in [0.05, 0.1) is 5.60 Å². The highest BCUT2D eigenvalue weighted by Crippen LogP contribution is 2.68. The van der Waals surface area contributed by atoms with Crippen molar-refractivity contribution in [3.05, 3.63) is 74.9 Å². The molecule has 4 bridgehead atoms. The maximum Gasteiger partial charge on any atom is 0.200 e. The second kappa shape index (κ2) is 11.2. The van der Waals surface area contributed by atoms with Gasteiger partial charge in [-0.1, -0.05) is 52.7 Å². The zero-order valence-corrected chi connectivity index (χ0v) is 27.8. The highest BCUT2D eigenvalue weighted by Gasteiger charge is 2.81. The molecule has 4 atom stereocenters. The Balaban J connectivity index is 1.71. The summed E-state index contributed by atoms with van der Waals surface area (Å²) in [4.78, 5) is 28.8. The number of phenols is 2. The Kier molecular flexibility index (Phi) is 8.16. The van der Waals surface area contributed by atoms with E-state index in [1.54, 1.807) is 6.08 Å². The Bertz CT molecular complexity index is 1570. The van der Waals surface area contributed by atoms with E-state index >= 15 is 0 Å². The molecule has 3 aliphatic carbocycles. The van der Waals surface area contributed by atoms with E-state index in [0.717, 1.165) is 29.6 Å². The first-order valence-corrected chi connectivity index (χ1v) is 15.9. The van der Waals surface area contributed by atoms with Crippen LogP contribution in [0.25, 0.3) is 0 Å². The molecule has 2 heterocycles. The number of allylic oxidation sites excluding steroid dienone is 8. The molecule has 5 aliphatic rings. The standard InChI is InChI=1S/C38H48O6/c1-21(2)11-10-12-24(7)14-16-26-31(39)27(15-13-22(3)4)34-30(32(26)40)33(41)28-19-25-20-29-36(8,9)44-37(35(25)42,18-17-23(5)6)38(28,29)43-34/h11,13-14,17,19,25,29,39-40H,10,12,15-16,18,20H2,1-9H3/b24-14+/t25-,29?,37-,38+/m1/s1. The quantitative estimate of drug-likeness (QED) is 0.278.